The maximum absolute atomic E-state index is 12.3. The third-order valence-electron chi connectivity index (χ3n) is 2.88. The van der Waals surface area contributed by atoms with E-state index < -0.39 is 39.0 Å². The number of amides is 1. The number of carbonyl (C=O) groups is 1. The average molecular weight is 367 g/mol. The van der Waals surface area contributed by atoms with Gasteiger partial charge in [0.25, 0.3) is 5.91 Å². The van der Waals surface area contributed by atoms with Crippen molar-refractivity contribution in [1.29, 1.82) is 0 Å². The number of hydrogen-bond acceptors (Lipinski definition) is 6. The molecule has 1 aromatic carbocycles. The summed E-state index contributed by atoms with van der Waals surface area (Å²) in [5.74, 6) is -1.66. The largest absolute Gasteiger partial charge is 0.573 e. The lowest BCUT2D eigenvalue weighted by Crippen LogP contribution is -2.34. The maximum Gasteiger partial charge on any atom is 0.573 e. The molecule has 0 fully saturated rings. The zero-order chi connectivity index (χ0) is 18.0. The second-order valence-corrected chi connectivity index (χ2v) is 6.42. The van der Waals surface area contributed by atoms with Crippen LogP contribution in [0.15, 0.2) is 34.3 Å². The predicted molar refractivity (Wildman–Crippen MR) is 74.4 cm³/mol. The number of rotatable bonds is 6. The Labute approximate surface area is 134 Å². The summed E-state index contributed by atoms with van der Waals surface area (Å²) in [5, 5.41) is 3.39. The molecule has 132 valence electrons. The molecule has 1 unspecified atom stereocenters. The molecular weight excluding hydrogens is 355 g/mol. The van der Waals surface area contributed by atoms with Gasteiger partial charge in [0.1, 0.15) is 22.5 Å². The van der Waals surface area contributed by atoms with E-state index in [0.29, 0.717) is 0 Å². The van der Waals surface area contributed by atoms with Crippen LogP contribution in [0.3, 0.4) is 0 Å². The summed E-state index contributed by atoms with van der Waals surface area (Å²) >= 11 is 0. The topological polar surface area (TPSA) is 120 Å². The van der Waals surface area contributed by atoms with E-state index in [4.69, 9.17) is 10.6 Å². The van der Waals surface area contributed by atoms with Gasteiger partial charge < -0.3 is 15.3 Å². The van der Waals surface area contributed by atoms with Crippen LogP contribution in [0.5, 0.6) is 5.75 Å². The number of oxime groups is 1. The highest BCUT2D eigenvalue weighted by Crippen LogP contribution is 2.29. The monoisotopic (exact) mass is 367 g/mol. The zero-order valence-corrected chi connectivity index (χ0v) is 12.7. The fourth-order valence-electron chi connectivity index (χ4n) is 1.84. The molecule has 1 heterocycles. The number of alkyl halides is 3. The van der Waals surface area contributed by atoms with Crippen LogP contribution >= 0.6 is 0 Å². The molecule has 0 aliphatic carbocycles. The van der Waals surface area contributed by atoms with Gasteiger partial charge in [-0.3, -0.25) is 4.79 Å². The van der Waals surface area contributed by atoms with Crippen molar-refractivity contribution in [2.75, 3.05) is 6.54 Å². The van der Waals surface area contributed by atoms with Gasteiger partial charge in [0, 0.05) is 6.42 Å². The molecule has 24 heavy (non-hydrogen) atoms. The van der Waals surface area contributed by atoms with Crippen molar-refractivity contribution in [3.05, 3.63) is 24.3 Å². The number of nitrogens with zero attached hydrogens (tertiary/aromatic N) is 1. The summed E-state index contributed by atoms with van der Waals surface area (Å²) in [5.41, 5.74) is 4.94. The van der Waals surface area contributed by atoms with Gasteiger partial charge in [-0.25, -0.2) is 13.1 Å². The molecule has 2 rings (SSSR count). The number of nitrogens with two attached hydrogens (primary N) is 1. The number of carbonyl (C=O) groups excluding carboxylic acids is 1. The van der Waals surface area contributed by atoms with Crippen LogP contribution in [-0.2, 0) is 19.7 Å². The molecule has 1 atom stereocenters. The van der Waals surface area contributed by atoms with Gasteiger partial charge in [0.05, 0.1) is 6.54 Å². The smallest absolute Gasteiger partial charge is 0.404 e. The zero-order valence-electron chi connectivity index (χ0n) is 11.9. The van der Waals surface area contributed by atoms with E-state index in [1.807, 2.05) is 0 Å². The van der Waals surface area contributed by atoms with E-state index in [1.54, 1.807) is 0 Å². The highest BCUT2D eigenvalue weighted by atomic mass is 32.2. The highest BCUT2D eigenvalue weighted by molar-refractivity contribution is 7.89. The van der Waals surface area contributed by atoms with Crippen molar-refractivity contribution in [2.24, 2.45) is 10.9 Å². The van der Waals surface area contributed by atoms with Crippen molar-refractivity contribution >= 4 is 21.6 Å². The number of primary amides is 1. The first kappa shape index (κ1) is 18.0. The van der Waals surface area contributed by atoms with Crippen LogP contribution in [0, 0.1) is 0 Å². The van der Waals surface area contributed by atoms with Gasteiger partial charge in [0.2, 0.25) is 10.0 Å². The Hall–Kier alpha value is -2.34. The molecule has 1 aliphatic rings. The Kier molecular flexibility index (Phi) is 4.99. The van der Waals surface area contributed by atoms with Gasteiger partial charge >= 0.3 is 6.36 Å². The summed E-state index contributed by atoms with van der Waals surface area (Å²) in [6.45, 7) is -0.317. The third kappa shape index (κ3) is 4.58. The lowest BCUT2D eigenvalue weighted by atomic mass is 10.2. The Morgan fingerprint density at radius 1 is 1.42 bits per heavy atom. The minimum absolute atomic E-state index is 0.0153. The minimum Gasteiger partial charge on any atom is -0.404 e. The van der Waals surface area contributed by atoms with Gasteiger partial charge in [-0.05, 0) is 12.1 Å². The number of halogens is 3. The Morgan fingerprint density at radius 3 is 2.67 bits per heavy atom. The molecule has 1 aliphatic heterocycles. The van der Waals surface area contributed by atoms with E-state index in [1.165, 1.54) is 12.1 Å². The second-order valence-electron chi connectivity index (χ2n) is 4.68. The van der Waals surface area contributed by atoms with E-state index >= 15 is 0 Å². The Balaban J connectivity index is 2.08. The molecule has 1 amide bonds. The van der Waals surface area contributed by atoms with Crippen molar-refractivity contribution in [1.82, 2.24) is 4.72 Å². The summed E-state index contributed by atoms with van der Waals surface area (Å²) in [4.78, 5) is 15.0. The van der Waals surface area contributed by atoms with Crippen LogP contribution in [0.1, 0.15) is 6.42 Å². The van der Waals surface area contributed by atoms with Crippen LogP contribution in [0.25, 0.3) is 0 Å². The Bertz CT molecular complexity index is 763. The SMILES string of the molecule is NC(=O)C1=NOC(CNS(=O)(=O)c2ccccc2OC(F)(F)F)C1. The van der Waals surface area contributed by atoms with E-state index in [-0.39, 0.29) is 18.7 Å². The highest BCUT2D eigenvalue weighted by Gasteiger charge is 2.34. The first-order valence-corrected chi connectivity index (χ1v) is 7.94. The summed E-state index contributed by atoms with van der Waals surface area (Å²) in [6.07, 6.45) is -5.85. The molecule has 0 bridgehead atoms. The number of ether oxygens (including phenoxy) is 1. The first-order chi connectivity index (χ1) is 11.1. The summed E-state index contributed by atoms with van der Waals surface area (Å²) in [7, 11) is -4.31. The number of hydrogen-bond donors (Lipinski definition) is 2. The predicted octanol–water partition coefficient (Wildman–Crippen LogP) is 0.494. The molecule has 1 aromatic rings. The second kappa shape index (κ2) is 6.65. The molecular formula is C12H12F3N3O5S. The number of benzene rings is 1. The minimum atomic E-state index is -5.04. The third-order valence-corrected chi connectivity index (χ3v) is 4.35. The van der Waals surface area contributed by atoms with Crippen LogP contribution < -0.4 is 15.2 Å². The summed E-state index contributed by atoms with van der Waals surface area (Å²) in [6, 6.07) is 4.29. The van der Waals surface area contributed by atoms with E-state index in [9.17, 15) is 26.4 Å². The van der Waals surface area contributed by atoms with Crippen molar-refractivity contribution in [3.63, 3.8) is 0 Å². The van der Waals surface area contributed by atoms with E-state index in [2.05, 4.69) is 14.6 Å². The molecule has 0 saturated carbocycles. The summed E-state index contributed by atoms with van der Waals surface area (Å²) < 4.78 is 67.1. The van der Waals surface area contributed by atoms with Gasteiger partial charge in [-0.1, -0.05) is 17.3 Å². The molecule has 0 saturated heterocycles. The van der Waals surface area contributed by atoms with Crippen molar-refractivity contribution in [2.45, 2.75) is 23.8 Å². The Morgan fingerprint density at radius 2 is 2.08 bits per heavy atom. The quantitative estimate of drug-likeness (QED) is 0.758. The molecule has 0 radical (unpaired) electrons. The molecule has 0 spiro atoms. The molecule has 3 N–H and O–H groups in total. The lowest BCUT2D eigenvalue weighted by molar-refractivity contribution is -0.275. The number of nitrogens with one attached hydrogen (secondary N) is 1. The maximum atomic E-state index is 12.3. The van der Waals surface area contributed by atoms with Crippen LogP contribution in [0.2, 0.25) is 0 Å². The fraction of sp³-hybridized carbons (Fsp3) is 0.333. The van der Waals surface area contributed by atoms with Crippen LogP contribution in [0.4, 0.5) is 13.2 Å². The average Bonchev–Trinajstić information content (AvgIpc) is 2.93. The van der Waals surface area contributed by atoms with Crippen LogP contribution in [-0.4, -0.2) is 39.0 Å². The van der Waals surface area contributed by atoms with E-state index in [0.717, 1.165) is 12.1 Å². The molecule has 8 nitrogen and oxygen atoms in total. The first-order valence-electron chi connectivity index (χ1n) is 6.45. The normalized spacial score (nSPS) is 18.0. The molecule has 0 aromatic heterocycles. The number of sulfonamides is 1. The molecule has 12 heteroatoms. The van der Waals surface area contributed by atoms with Crippen molar-refractivity contribution < 1.29 is 36.0 Å². The standard InChI is InChI=1S/C12H12F3N3O5S/c13-12(14,15)22-9-3-1-2-4-10(9)24(20,21)17-6-7-5-8(11(16)19)18-23-7/h1-4,7,17H,5-6H2,(H2,16,19). The van der Waals surface area contributed by atoms with Gasteiger partial charge in [-0.2, -0.15) is 0 Å². The van der Waals surface area contributed by atoms with Gasteiger partial charge in [0.15, 0.2) is 0 Å². The lowest BCUT2D eigenvalue weighted by Gasteiger charge is -2.15. The van der Waals surface area contributed by atoms with Gasteiger partial charge in [-0.15, -0.1) is 13.2 Å². The van der Waals surface area contributed by atoms with Crippen molar-refractivity contribution in [3.8, 4) is 5.75 Å². The number of para-hydroxylation sites is 1. The fourth-order valence-corrected chi connectivity index (χ4v) is 3.04.